The van der Waals surface area contributed by atoms with Gasteiger partial charge in [0.05, 0.1) is 18.3 Å². The number of amides is 4. The van der Waals surface area contributed by atoms with Crippen LogP contribution in [0.2, 0.25) is 0 Å². The summed E-state index contributed by atoms with van der Waals surface area (Å²) in [6.07, 6.45) is 3.95. The molecule has 2 aliphatic rings. The smallest absolute Gasteiger partial charge is 0.324 e. The second-order valence-electron chi connectivity index (χ2n) is 7.86. The highest BCUT2D eigenvalue weighted by Gasteiger charge is 2.47. The van der Waals surface area contributed by atoms with E-state index in [4.69, 9.17) is 0 Å². The number of carbonyl (C=O) groups is 3. The van der Waals surface area contributed by atoms with Crippen molar-refractivity contribution in [3.05, 3.63) is 59.9 Å². The number of imide groups is 1. The Morgan fingerprint density at radius 1 is 1.19 bits per heavy atom. The molecule has 4 rings (SSSR count). The van der Waals surface area contributed by atoms with E-state index in [2.05, 4.69) is 15.6 Å². The Morgan fingerprint density at radius 2 is 2.00 bits per heavy atom. The van der Waals surface area contributed by atoms with Crippen molar-refractivity contribution in [1.82, 2.24) is 20.1 Å². The zero-order valence-corrected chi connectivity index (χ0v) is 17.6. The molecule has 31 heavy (non-hydrogen) atoms. The molecule has 4 amide bonds. The number of hydrogen-bond donors (Lipinski definition) is 2. The van der Waals surface area contributed by atoms with Gasteiger partial charge in [0, 0.05) is 11.9 Å². The van der Waals surface area contributed by atoms with E-state index >= 15 is 0 Å². The molecule has 3 heterocycles. The van der Waals surface area contributed by atoms with Gasteiger partial charge in [0.2, 0.25) is 11.8 Å². The van der Waals surface area contributed by atoms with Crippen LogP contribution in [0.3, 0.4) is 0 Å². The van der Waals surface area contributed by atoms with Crippen molar-refractivity contribution in [2.75, 3.05) is 18.4 Å². The normalized spacial score (nSPS) is 21.1. The van der Waals surface area contributed by atoms with E-state index in [9.17, 15) is 14.4 Å². The Labute approximate surface area is 181 Å². The minimum atomic E-state index is -0.508. The maximum Gasteiger partial charge on any atom is 0.327 e. The fraction of sp³-hybridized carbons (Fsp3) is 0.391. The van der Waals surface area contributed by atoms with Crippen LogP contribution >= 0.6 is 0 Å². The van der Waals surface area contributed by atoms with Crippen LogP contribution in [0.4, 0.5) is 10.5 Å². The first kappa shape index (κ1) is 21.0. The third-order valence-electron chi connectivity index (χ3n) is 5.87. The summed E-state index contributed by atoms with van der Waals surface area (Å²) in [6.45, 7) is 2.72. The molecule has 0 aliphatic carbocycles. The first-order valence-electron chi connectivity index (χ1n) is 10.7. The highest BCUT2D eigenvalue weighted by Crippen LogP contribution is 2.26. The molecule has 1 aromatic carbocycles. The zero-order chi connectivity index (χ0) is 21.8. The summed E-state index contributed by atoms with van der Waals surface area (Å²) < 4.78 is 0. The summed E-state index contributed by atoms with van der Waals surface area (Å²) in [7, 11) is 0. The number of piperidine rings is 1. The van der Waals surface area contributed by atoms with Gasteiger partial charge in [0.25, 0.3) is 0 Å². The molecule has 2 aromatic rings. The molecule has 2 N–H and O–H groups in total. The minimum Gasteiger partial charge on any atom is -0.324 e. The van der Waals surface area contributed by atoms with Crippen molar-refractivity contribution in [3.8, 4) is 0 Å². The van der Waals surface area contributed by atoms with Crippen LogP contribution in [0.1, 0.15) is 31.0 Å². The Balaban J connectivity index is 1.54. The first-order chi connectivity index (χ1) is 15.1. The first-order valence-corrected chi connectivity index (χ1v) is 10.7. The Kier molecular flexibility index (Phi) is 6.27. The Bertz CT molecular complexity index is 965. The number of benzene rings is 1. The molecule has 2 unspecified atom stereocenters. The lowest BCUT2D eigenvalue weighted by molar-refractivity contribution is -0.138. The Hall–Kier alpha value is -3.26. The van der Waals surface area contributed by atoms with Crippen LogP contribution in [0, 0.1) is 0 Å². The van der Waals surface area contributed by atoms with Crippen molar-refractivity contribution in [1.29, 1.82) is 0 Å². The lowest BCUT2D eigenvalue weighted by Crippen LogP contribution is -2.70. The maximum atomic E-state index is 13.3. The molecule has 2 saturated heterocycles. The van der Waals surface area contributed by atoms with Crippen LogP contribution < -0.4 is 10.6 Å². The molecular formula is C23H27N5O3. The lowest BCUT2D eigenvalue weighted by atomic mass is 9.93. The van der Waals surface area contributed by atoms with Crippen LogP contribution in [0.15, 0.2) is 48.7 Å². The summed E-state index contributed by atoms with van der Waals surface area (Å²) in [6, 6.07) is 11.7. The number of pyridine rings is 1. The molecule has 0 radical (unpaired) electrons. The van der Waals surface area contributed by atoms with Crippen LogP contribution in [-0.4, -0.2) is 57.8 Å². The average Bonchev–Trinajstić information content (AvgIpc) is 2.80. The summed E-state index contributed by atoms with van der Waals surface area (Å²) in [5.74, 6) is -0.529. The fourth-order valence-electron chi connectivity index (χ4n) is 4.30. The largest absolute Gasteiger partial charge is 0.327 e. The number of urea groups is 1. The van der Waals surface area contributed by atoms with Crippen molar-refractivity contribution in [2.45, 2.75) is 44.8 Å². The van der Waals surface area contributed by atoms with Crippen molar-refractivity contribution >= 4 is 23.5 Å². The molecule has 2 fully saturated rings. The predicted molar refractivity (Wildman–Crippen MR) is 116 cm³/mol. The maximum absolute atomic E-state index is 13.3. The van der Waals surface area contributed by atoms with Gasteiger partial charge in [-0.05, 0) is 49.6 Å². The predicted octanol–water partition coefficient (Wildman–Crippen LogP) is 2.17. The number of aromatic nitrogens is 1. The van der Waals surface area contributed by atoms with Gasteiger partial charge < -0.3 is 15.5 Å². The topological polar surface area (TPSA) is 94.6 Å². The summed E-state index contributed by atoms with van der Waals surface area (Å²) in [5.41, 5.74) is 2.41. The minimum absolute atomic E-state index is 0.0835. The number of carbonyl (C=O) groups excluding carboxylic acids is 3. The van der Waals surface area contributed by atoms with Crippen molar-refractivity contribution in [3.63, 3.8) is 0 Å². The molecule has 1 aromatic heterocycles. The van der Waals surface area contributed by atoms with Gasteiger partial charge >= 0.3 is 6.03 Å². The van der Waals surface area contributed by atoms with Crippen LogP contribution in [-0.2, 0) is 22.6 Å². The van der Waals surface area contributed by atoms with E-state index < -0.39 is 12.1 Å². The van der Waals surface area contributed by atoms with Gasteiger partial charge in [0.1, 0.15) is 12.6 Å². The second kappa shape index (κ2) is 9.26. The molecule has 162 valence electrons. The van der Waals surface area contributed by atoms with E-state index in [-0.39, 0.29) is 30.9 Å². The van der Waals surface area contributed by atoms with Crippen molar-refractivity contribution < 1.29 is 14.4 Å². The van der Waals surface area contributed by atoms with E-state index in [0.717, 1.165) is 24.1 Å². The molecule has 8 heteroatoms. The fourth-order valence-corrected chi connectivity index (χ4v) is 4.30. The molecule has 2 atom stereocenters. The zero-order valence-electron chi connectivity index (χ0n) is 17.6. The van der Waals surface area contributed by atoms with Gasteiger partial charge in [-0.2, -0.15) is 0 Å². The molecule has 8 nitrogen and oxygen atoms in total. The van der Waals surface area contributed by atoms with Crippen molar-refractivity contribution in [2.24, 2.45) is 0 Å². The number of para-hydroxylation sites is 1. The molecular weight excluding hydrogens is 394 g/mol. The molecule has 0 spiro atoms. The van der Waals surface area contributed by atoms with E-state index in [0.29, 0.717) is 18.7 Å². The molecule has 0 saturated carbocycles. The van der Waals surface area contributed by atoms with Crippen LogP contribution in [0.25, 0.3) is 0 Å². The number of anilines is 1. The number of aryl methyl sites for hydroxylation is 1. The van der Waals surface area contributed by atoms with Gasteiger partial charge in [-0.15, -0.1) is 0 Å². The molecule has 0 bridgehead atoms. The standard InChI is InChI=1S/C23H27N5O3/c1-2-16-8-3-4-10-18(16)26-20(29)15-27-19-11-7-13-25-21(19)22(30)28(23(27)31)14-17-9-5-6-12-24-17/h3-6,8-10,12,19,21,25H,2,7,11,13-15H2,1H3,(H,26,29). The Morgan fingerprint density at radius 3 is 2.77 bits per heavy atom. The van der Waals surface area contributed by atoms with E-state index in [1.807, 2.05) is 37.3 Å². The third-order valence-corrected chi connectivity index (χ3v) is 5.87. The highest BCUT2D eigenvalue weighted by molar-refractivity contribution is 6.03. The van der Waals surface area contributed by atoms with Gasteiger partial charge in [0.15, 0.2) is 0 Å². The quantitative estimate of drug-likeness (QED) is 0.746. The second-order valence-corrected chi connectivity index (χ2v) is 7.86. The van der Waals surface area contributed by atoms with E-state index in [1.165, 1.54) is 9.80 Å². The molecule has 2 aliphatic heterocycles. The number of hydrogen-bond acceptors (Lipinski definition) is 5. The van der Waals surface area contributed by atoms with E-state index in [1.54, 1.807) is 18.3 Å². The summed E-state index contributed by atoms with van der Waals surface area (Å²) >= 11 is 0. The third kappa shape index (κ3) is 4.44. The number of nitrogens with zero attached hydrogens (tertiary/aromatic N) is 3. The van der Waals surface area contributed by atoms with Gasteiger partial charge in [-0.3, -0.25) is 19.5 Å². The van der Waals surface area contributed by atoms with Crippen LogP contribution in [0.5, 0.6) is 0 Å². The lowest BCUT2D eigenvalue weighted by Gasteiger charge is -2.46. The summed E-state index contributed by atoms with van der Waals surface area (Å²) in [5, 5.41) is 6.17. The van der Waals surface area contributed by atoms with Gasteiger partial charge in [-0.1, -0.05) is 31.2 Å². The average molecular weight is 422 g/mol. The van der Waals surface area contributed by atoms with Gasteiger partial charge in [-0.25, -0.2) is 4.79 Å². The number of nitrogens with one attached hydrogen (secondary N) is 2. The SMILES string of the molecule is CCc1ccccc1NC(=O)CN1C(=O)N(Cc2ccccn2)C(=O)C2NCCCC21. The summed E-state index contributed by atoms with van der Waals surface area (Å²) in [4.78, 5) is 46.2. The highest BCUT2D eigenvalue weighted by atomic mass is 16.2. The number of fused-ring (bicyclic) bond motifs is 1. The number of rotatable bonds is 6. The monoisotopic (exact) mass is 421 g/mol.